The maximum absolute atomic E-state index is 5.58. The Bertz CT molecular complexity index is 143. The van der Waals surface area contributed by atoms with E-state index < -0.39 is 0 Å². The van der Waals surface area contributed by atoms with E-state index in [1.54, 1.807) is 0 Å². The minimum atomic E-state index is 0.280. The van der Waals surface area contributed by atoms with Crippen molar-refractivity contribution in [1.82, 2.24) is 0 Å². The van der Waals surface area contributed by atoms with Crippen molar-refractivity contribution in [2.24, 2.45) is 5.92 Å². The zero-order valence-electron chi connectivity index (χ0n) is 8.14. The Morgan fingerprint density at radius 1 is 1.33 bits per heavy atom. The molecule has 1 heterocycles. The fraction of sp³-hybridized carbons (Fsp3) is 1.00. The summed E-state index contributed by atoms with van der Waals surface area (Å²) in [7, 11) is 0. The van der Waals surface area contributed by atoms with Crippen LogP contribution in [0, 0.1) is 5.92 Å². The van der Waals surface area contributed by atoms with E-state index in [4.69, 9.17) is 4.74 Å². The fourth-order valence-corrected chi connectivity index (χ4v) is 2.46. The van der Waals surface area contributed by atoms with Crippen molar-refractivity contribution in [3.05, 3.63) is 0 Å². The van der Waals surface area contributed by atoms with Gasteiger partial charge in [-0.15, -0.1) is 0 Å². The SMILES string of the molecule is CC1(CCC2CCCC2)CCO1. The Labute approximate surface area is 75.5 Å². The standard InChI is InChI=1S/C11H20O/c1-11(8-9-12-11)7-6-10-4-2-3-5-10/h10H,2-9H2,1H3. The van der Waals surface area contributed by atoms with Crippen LogP contribution in [0.15, 0.2) is 0 Å². The van der Waals surface area contributed by atoms with E-state index in [1.807, 2.05) is 0 Å². The van der Waals surface area contributed by atoms with Crippen molar-refractivity contribution >= 4 is 0 Å². The van der Waals surface area contributed by atoms with Crippen LogP contribution in [0.2, 0.25) is 0 Å². The van der Waals surface area contributed by atoms with Crippen LogP contribution in [-0.4, -0.2) is 12.2 Å². The van der Waals surface area contributed by atoms with Crippen molar-refractivity contribution in [1.29, 1.82) is 0 Å². The van der Waals surface area contributed by atoms with E-state index >= 15 is 0 Å². The summed E-state index contributed by atoms with van der Waals surface area (Å²) in [5.74, 6) is 1.03. The van der Waals surface area contributed by atoms with Gasteiger partial charge in [-0.3, -0.25) is 0 Å². The van der Waals surface area contributed by atoms with E-state index in [9.17, 15) is 0 Å². The summed E-state index contributed by atoms with van der Waals surface area (Å²) in [6.45, 7) is 3.27. The Morgan fingerprint density at radius 3 is 2.50 bits per heavy atom. The lowest BCUT2D eigenvalue weighted by atomic mass is 9.87. The molecule has 1 atom stereocenters. The summed E-state index contributed by atoms with van der Waals surface area (Å²) in [6, 6.07) is 0. The Hall–Kier alpha value is -0.0400. The molecule has 2 rings (SSSR count). The summed E-state index contributed by atoms with van der Waals surface area (Å²) >= 11 is 0. The predicted octanol–water partition coefficient (Wildman–Crippen LogP) is 3.14. The van der Waals surface area contributed by atoms with Gasteiger partial charge in [0.05, 0.1) is 12.2 Å². The highest BCUT2D eigenvalue weighted by Gasteiger charge is 2.33. The fourth-order valence-electron chi connectivity index (χ4n) is 2.46. The van der Waals surface area contributed by atoms with E-state index in [-0.39, 0.29) is 5.60 Å². The third-order valence-electron chi connectivity index (χ3n) is 3.64. The normalized spacial score (nSPS) is 36.8. The molecule has 0 aromatic heterocycles. The van der Waals surface area contributed by atoms with Crippen LogP contribution < -0.4 is 0 Å². The van der Waals surface area contributed by atoms with Crippen LogP contribution in [-0.2, 0) is 4.74 Å². The molecule has 1 unspecified atom stereocenters. The molecule has 1 aliphatic heterocycles. The molecule has 1 saturated heterocycles. The van der Waals surface area contributed by atoms with Crippen molar-refractivity contribution in [3.8, 4) is 0 Å². The van der Waals surface area contributed by atoms with Gasteiger partial charge < -0.3 is 4.74 Å². The molecule has 0 spiro atoms. The van der Waals surface area contributed by atoms with Gasteiger partial charge in [-0.25, -0.2) is 0 Å². The highest BCUT2D eigenvalue weighted by molar-refractivity contribution is 4.83. The molecule has 12 heavy (non-hydrogen) atoms. The minimum absolute atomic E-state index is 0.280. The first-order valence-corrected chi connectivity index (χ1v) is 5.42. The molecule has 0 radical (unpaired) electrons. The van der Waals surface area contributed by atoms with Crippen LogP contribution in [0.1, 0.15) is 51.9 Å². The minimum Gasteiger partial charge on any atom is -0.375 e. The summed E-state index contributed by atoms with van der Waals surface area (Å²) in [4.78, 5) is 0. The second-order valence-corrected chi connectivity index (χ2v) is 4.74. The molecular formula is C11H20O. The summed E-state index contributed by atoms with van der Waals surface area (Å²) in [5, 5.41) is 0. The van der Waals surface area contributed by atoms with Crippen LogP contribution in [0.3, 0.4) is 0 Å². The maximum Gasteiger partial charge on any atom is 0.0676 e. The monoisotopic (exact) mass is 168 g/mol. The van der Waals surface area contributed by atoms with Gasteiger partial charge in [-0.05, 0) is 32.1 Å². The van der Waals surface area contributed by atoms with Crippen LogP contribution in [0.4, 0.5) is 0 Å². The zero-order valence-corrected chi connectivity index (χ0v) is 8.14. The number of hydrogen-bond acceptors (Lipinski definition) is 1. The number of rotatable bonds is 3. The summed E-state index contributed by atoms with van der Waals surface area (Å²) < 4.78 is 5.58. The van der Waals surface area contributed by atoms with Gasteiger partial charge in [0.1, 0.15) is 0 Å². The lowest BCUT2D eigenvalue weighted by Gasteiger charge is -2.39. The second-order valence-electron chi connectivity index (χ2n) is 4.74. The highest BCUT2D eigenvalue weighted by atomic mass is 16.5. The van der Waals surface area contributed by atoms with E-state index in [2.05, 4.69) is 6.92 Å². The lowest BCUT2D eigenvalue weighted by Crippen LogP contribution is -2.40. The van der Waals surface area contributed by atoms with Crippen LogP contribution >= 0.6 is 0 Å². The Balaban J connectivity index is 1.67. The molecule has 2 fully saturated rings. The average Bonchev–Trinajstić information content (AvgIpc) is 2.49. The topological polar surface area (TPSA) is 9.23 Å². The van der Waals surface area contributed by atoms with Gasteiger partial charge >= 0.3 is 0 Å². The molecule has 70 valence electrons. The van der Waals surface area contributed by atoms with Gasteiger partial charge in [0.2, 0.25) is 0 Å². The Kier molecular flexibility index (Phi) is 2.40. The first kappa shape index (κ1) is 8.55. The van der Waals surface area contributed by atoms with Gasteiger partial charge in [0, 0.05) is 0 Å². The van der Waals surface area contributed by atoms with E-state index in [0.717, 1.165) is 12.5 Å². The molecular weight excluding hydrogens is 148 g/mol. The van der Waals surface area contributed by atoms with Crippen LogP contribution in [0.25, 0.3) is 0 Å². The third kappa shape index (κ3) is 1.82. The van der Waals surface area contributed by atoms with Gasteiger partial charge in [0.25, 0.3) is 0 Å². The first-order chi connectivity index (χ1) is 5.79. The number of ether oxygens (including phenoxy) is 1. The largest absolute Gasteiger partial charge is 0.375 e. The molecule has 0 aromatic carbocycles. The molecule has 0 aromatic rings. The summed E-state index contributed by atoms with van der Waals surface area (Å²) in [5.41, 5.74) is 0.280. The second kappa shape index (κ2) is 3.37. The molecule has 1 saturated carbocycles. The van der Waals surface area contributed by atoms with E-state index in [1.165, 1.54) is 44.9 Å². The van der Waals surface area contributed by atoms with Gasteiger partial charge in [-0.2, -0.15) is 0 Å². The molecule has 2 aliphatic rings. The number of hydrogen-bond donors (Lipinski definition) is 0. The molecule has 1 aliphatic carbocycles. The van der Waals surface area contributed by atoms with Crippen molar-refractivity contribution < 1.29 is 4.74 Å². The van der Waals surface area contributed by atoms with Crippen molar-refractivity contribution in [3.63, 3.8) is 0 Å². The van der Waals surface area contributed by atoms with Crippen molar-refractivity contribution in [2.75, 3.05) is 6.61 Å². The lowest BCUT2D eigenvalue weighted by molar-refractivity contribution is -0.140. The molecule has 1 nitrogen and oxygen atoms in total. The third-order valence-corrected chi connectivity index (χ3v) is 3.64. The zero-order chi connectivity index (χ0) is 8.44. The van der Waals surface area contributed by atoms with Gasteiger partial charge in [0.15, 0.2) is 0 Å². The highest BCUT2D eigenvalue weighted by Crippen LogP contribution is 2.36. The van der Waals surface area contributed by atoms with Crippen molar-refractivity contribution in [2.45, 2.75) is 57.5 Å². The molecule has 0 amide bonds. The quantitative estimate of drug-likeness (QED) is 0.629. The Morgan fingerprint density at radius 2 is 2.00 bits per heavy atom. The van der Waals surface area contributed by atoms with Gasteiger partial charge in [-0.1, -0.05) is 25.7 Å². The average molecular weight is 168 g/mol. The summed E-state index contributed by atoms with van der Waals surface area (Å²) in [6.07, 6.45) is 9.92. The smallest absolute Gasteiger partial charge is 0.0676 e. The maximum atomic E-state index is 5.58. The predicted molar refractivity (Wildman–Crippen MR) is 50.2 cm³/mol. The van der Waals surface area contributed by atoms with Crippen LogP contribution in [0.5, 0.6) is 0 Å². The molecule has 0 N–H and O–H groups in total. The first-order valence-electron chi connectivity index (χ1n) is 5.42. The molecule has 0 bridgehead atoms. The van der Waals surface area contributed by atoms with E-state index in [0.29, 0.717) is 0 Å². The molecule has 1 heteroatoms.